The molecule has 7 heteroatoms. The largest absolute Gasteiger partial charge is 0.465 e. The molecule has 0 aliphatic heterocycles. The number of rotatable bonds is 4. The number of benzene rings is 2. The van der Waals surface area contributed by atoms with Crippen LogP contribution in [-0.4, -0.2) is 21.5 Å². The molecule has 132 valence electrons. The number of fused-ring (bicyclic) bond motifs is 1. The predicted octanol–water partition coefficient (Wildman–Crippen LogP) is 3.29. The van der Waals surface area contributed by atoms with Gasteiger partial charge in [-0.1, -0.05) is 12.1 Å². The van der Waals surface area contributed by atoms with Crippen LogP contribution >= 0.6 is 0 Å². The van der Waals surface area contributed by atoms with Crippen LogP contribution in [0.15, 0.2) is 41.3 Å². The van der Waals surface area contributed by atoms with Gasteiger partial charge in [0, 0.05) is 0 Å². The SMILES string of the molecule is COC(=O)c1ccc(F)cc1S(=O)(=O)Nc1cccc2c1CCCC2. The quantitative estimate of drug-likeness (QED) is 0.846. The molecule has 0 heterocycles. The standard InChI is InChI=1S/C18H18FNO4S/c1-24-18(21)15-10-9-13(19)11-17(15)25(22,23)20-16-8-4-6-12-5-2-3-7-14(12)16/h4,6,8-11,20H,2-3,5,7H2,1H3. The van der Waals surface area contributed by atoms with Gasteiger partial charge in [-0.05, 0) is 61.1 Å². The smallest absolute Gasteiger partial charge is 0.339 e. The first kappa shape index (κ1) is 17.4. The van der Waals surface area contributed by atoms with Gasteiger partial charge in [-0.15, -0.1) is 0 Å². The van der Waals surface area contributed by atoms with Crippen molar-refractivity contribution in [3.8, 4) is 0 Å². The topological polar surface area (TPSA) is 72.5 Å². The van der Waals surface area contributed by atoms with Gasteiger partial charge in [0.1, 0.15) is 10.7 Å². The molecule has 0 bridgehead atoms. The number of sulfonamides is 1. The molecule has 5 nitrogen and oxygen atoms in total. The average Bonchev–Trinajstić information content (AvgIpc) is 2.61. The van der Waals surface area contributed by atoms with Crippen molar-refractivity contribution in [1.82, 2.24) is 0 Å². The molecular weight excluding hydrogens is 345 g/mol. The van der Waals surface area contributed by atoms with E-state index in [1.807, 2.05) is 6.07 Å². The van der Waals surface area contributed by atoms with E-state index in [1.165, 1.54) is 0 Å². The van der Waals surface area contributed by atoms with Crippen LogP contribution in [0.25, 0.3) is 0 Å². The zero-order valence-electron chi connectivity index (χ0n) is 13.7. The van der Waals surface area contributed by atoms with Crippen LogP contribution in [0.1, 0.15) is 34.3 Å². The van der Waals surface area contributed by atoms with Crippen LogP contribution in [0, 0.1) is 5.82 Å². The molecule has 0 radical (unpaired) electrons. The molecule has 25 heavy (non-hydrogen) atoms. The lowest BCUT2D eigenvalue weighted by molar-refractivity contribution is 0.0596. The van der Waals surface area contributed by atoms with Crippen molar-refractivity contribution < 1.29 is 22.3 Å². The van der Waals surface area contributed by atoms with E-state index in [9.17, 15) is 17.6 Å². The second-order valence-corrected chi connectivity index (χ2v) is 7.54. The predicted molar refractivity (Wildman–Crippen MR) is 91.6 cm³/mol. The van der Waals surface area contributed by atoms with Crippen molar-refractivity contribution in [3.05, 3.63) is 58.9 Å². The molecule has 1 aliphatic rings. The number of ether oxygens (including phenoxy) is 1. The van der Waals surface area contributed by atoms with Crippen molar-refractivity contribution >= 4 is 21.7 Å². The fourth-order valence-corrected chi connectivity index (χ4v) is 4.37. The number of carbonyl (C=O) groups is 1. The Bertz CT molecular complexity index is 925. The lowest BCUT2D eigenvalue weighted by atomic mass is 9.91. The van der Waals surface area contributed by atoms with Crippen molar-refractivity contribution in [2.45, 2.75) is 30.6 Å². The van der Waals surface area contributed by atoms with E-state index in [1.54, 1.807) is 12.1 Å². The van der Waals surface area contributed by atoms with Gasteiger partial charge in [0.2, 0.25) is 0 Å². The Balaban J connectivity index is 2.04. The third-order valence-electron chi connectivity index (χ3n) is 4.28. The lowest BCUT2D eigenvalue weighted by Crippen LogP contribution is -2.19. The molecule has 1 N–H and O–H groups in total. The van der Waals surface area contributed by atoms with Crippen molar-refractivity contribution in [2.75, 3.05) is 11.8 Å². The molecule has 0 atom stereocenters. The monoisotopic (exact) mass is 363 g/mol. The fourth-order valence-electron chi connectivity index (χ4n) is 3.07. The van der Waals surface area contributed by atoms with E-state index in [2.05, 4.69) is 9.46 Å². The highest BCUT2D eigenvalue weighted by Gasteiger charge is 2.25. The molecule has 0 amide bonds. The van der Waals surface area contributed by atoms with Crippen LogP contribution < -0.4 is 4.72 Å². The molecular formula is C18H18FNO4S. The minimum atomic E-state index is -4.15. The van der Waals surface area contributed by atoms with Gasteiger partial charge in [-0.3, -0.25) is 4.72 Å². The van der Waals surface area contributed by atoms with Gasteiger partial charge in [0.25, 0.3) is 10.0 Å². The van der Waals surface area contributed by atoms with Crippen molar-refractivity contribution in [2.24, 2.45) is 0 Å². The van der Waals surface area contributed by atoms with E-state index in [0.717, 1.165) is 62.1 Å². The number of hydrogen-bond donors (Lipinski definition) is 1. The summed E-state index contributed by atoms with van der Waals surface area (Å²) < 4.78 is 46.3. The van der Waals surface area contributed by atoms with Crippen LogP contribution in [0.5, 0.6) is 0 Å². The molecule has 3 rings (SSSR count). The third-order valence-corrected chi connectivity index (χ3v) is 5.68. The molecule has 1 aliphatic carbocycles. The number of methoxy groups -OCH3 is 1. The second kappa shape index (κ2) is 6.84. The number of carbonyl (C=O) groups excluding carboxylic acids is 1. The Hall–Kier alpha value is -2.41. The molecule has 0 unspecified atom stereocenters. The molecule has 0 aromatic heterocycles. The highest BCUT2D eigenvalue weighted by Crippen LogP contribution is 2.30. The Labute approximate surface area is 145 Å². The van der Waals surface area contributed by atoms with Crippen LogP contribution in [-0.2, 0) is 27.6 Å². The minimum absolute atomic E-state index is 0.207. The summed E-state index contributed by atoms with van der Waals surface area (Å²) in [5.74, 6) is -1.58. The summed E-state index contributed by atoms with van der Waals surface area (Å²) in [5, 5.41) is 0. The summed E-state index contributed by atoms with van der Waals surface area (Å²) in [6, 6.07) is 8.40. The maximum absolute atomic E-state index is 13.6. The summed E-state index contributed by atoms with van der Waals surface area (Å²) in [6.07, 6.45) is 3.73. The Morgan fingerprint density at radius 3 is 2.68 bits per heavy atom. The molecule has 2 aromatic carbocycles. The first-order chi connectivity index (χ1) is 11.9. The van der Waals surface area contributed by atoms with Crippen LogP contribution in [0.2, 0.25) is 0 Å². The van der Waals surface area contributed by atoms with Gasteiger partial charge < -0.3 is 4.74 Å². The maximum atomic E-state index is 13.6. The summed E-state index contributed by atoms with van der Waals surface area (Å²) in [4.78, 5) is 11.4. The van der Waals surface area contributed by atoms with E-state index >= 15 is 0 Å². The van der Waals surface area contributed by atoms with E-state index in [-0.39, 0.29) is 5.56 Å². The highest BCUT2D eigenvalue weighted by atomic mass is 32.2. The maximum Gasteiger partial charge on any atom is 0.339 e. The second-order valence-electron chi connectivity index (χ2n) is 5.89. The van der Waals surface area contributed by atoms with Crippen molar-refractivity contribution in [3.63, 3.8) is 0 Å². The number of nitrogens with one attached hydrogen (secondary N) is 1. The Morgan fingerprint density at radius 1 is 1.16 bits per heavy atom. The fraction of sp³-hybridized carbons (Fsp3) is 0.278. The summed E-state index contributed by atoms with van der Waals surface area (Å²) in [5.41, 5.74) is 2.32. The first-order valence-corrected chi connectivity index (χ1v) is 9.42. The van der Waals surface area contributed by atoms with E-state index in [4.69, 9.17) is 0 Å². The first-order valence-electron chi connectivity index (χ1n) is 7.94. The summed E-state index contributed by atoms with van der Waals surface area (Å²) in [6.45, 7) is 0. The zero-order valence-corrected chi connectivity index (χ0v) is 14.5. The molecule has 0 saturated heterocycles. The number of anilines is 1. The van der Waals surface area contributed by atoms with Gasteiger partial charge >= 0.3 is 5.97 Å². The van der Waals surface area contributed by atoms with Crippen LogP contribution in [0.4, 0.5) is 10.1 Å². The number of esters is 1. The lowest BCUT2D eigenvalue weighted by Gasteiger charge is -2.20. The molecule has 2 aromatic rings. The molecule has 0 spiro atoms. The van der Waals surface area contributed by atoms with Crippen LogP contribution in [0.3, 0.4) is 0 Å². The molecule has 0 saturated carbocycles. The highest BCUT2D eigenvalue weighted by molar-refractivity contribution is 7.92. The summed E-state index contributed by atoms with van der Waals surface area (Å²) >= 11 is 0. The van der Waals surface area contributed by atoms with Crippen molar-refractivity contribution in [1.29, 1.82) is 0 Å². The van der Waals surface area contributed by atoms with Gasteiger partial charge in [0.05, 0.1) is 18.4 Å². The number of hydrogen-bond acceptors (Lipinski definition) is 4. The van der Waals surface area contributed by atoms with Gasteiger partial charge in [0.15, 0.2) is 0 Å². The van der Waals surface area contributed by atoms with Gasteiger partial charge in [-0.2, -0.15) is 0 Å². The van der Waals surface area contributed by atoms with E-state index in [0.29, 0.717) is 5.69 Å². The third kappa shape index (κ3) is 3.51. The average molecular weight is 363 g/mol. The number of halogens is 1. The zero-order chi connectivity index (χ0) is 18.0. The molecule has 0 fully saturated rings. The van der Waals surface area contributed by atoms with E-state index < -0.39 is 26.7 Å². The number of aryl methyl sites for hydroxylation is 1. The summed E-state index contributed by atoms with van der Waals surface area (Å²) in [7, 11) is -3.00. The Kier molecular flexibility index (Phi) is 4.76. The normalized spacial score (nSPS) is 13.8. The Morgan fingerprint density at radius 2 is 1.92 bits per heavy atom. The minimum Gasteiger partial charge on any atom is -0.465 e. The van der Waals surface area contributed by atoms with Gasteiger partial charge in [-0.25, -0.2) is 17.6 Å².